The van der Waals surface area contributed by atoms with E-state index in [1.165, 1.54) is 13.3 Å². The fraction of sp³-hybridized carbons (Fsp3) is 0.857. The minimum absolute atomic E-state index is 0.0116. The van der Waals surface area contributed by atoms with Gasteiger partial charge in [-0.05, 0) is 6.92 Å². The van der Waals surface area contributed by atoms with Gasteiger partial charge in [0.2, 0.25) is 0 Å². The molecule has 0 aromatic carbocycles. The summed E-state index contributed by atoms with van der Waals surface area (Å²) >= 11 is 0. The lowest BCUT2D eigenvalue weighted by molar-refractivity contribution is 0.0403. The molecule has 0 fully saturated rings. The number of nitrogens with one attached hydrogen (secondary N) is 1. The molecule has 0 saturated heterocycles. The number of aliphatic hydroxyl groups excluding tert-OH is 1. The summed E-state index contributed by atoms with van der Waals surface area (Å²) in [5, 5.41) is 16.0. The Morgan fingerprint density at radius 1 is 1.50 bits per heavy atom. The average Bonchev–Trinajstić information content (AvgIpc) is 1.90. The first-order chi connectivity index (χ1) is 4.63. The maximum absolute atomic E-state index is 9.07. The summed E-state index contributed by atoms with van der Waals surface area (Å²) in [6.07, 6.45) is 0.517. The van der Waals surface area contributed by atoms with E-state index in [1.807, 2.05) is 6.92 Å². The Morgan fingerprint density at radius 3 is 2.10 bits per heavy atom. The van der Waals surface area contributed by atoms with Gasteiger partial charge >= 0.3 is 0 Å². The lowest BCUT2D eigenvalue weighted by Crippen LogP contribution is -2.29. The molecule has 3 atom stereocenters. The van der Waals surface area contributed by atoms with Gasteiger partial charge in [0.25, 0.3) is 0 Å². The zero-order chi connectivity index (χ0) is 8.15. The molecule has 0 aromatic heterocycles. The monoisotopic (exact) mass is 145 g/mol. The number of hydrogen-bond acceptors (Lipinski definition) is 3. The van der Waals surface area contributed by atoms with Crippen molar-refractivity contribution in [2.75, 3.05) is 7.11 Å². The van der Waals surface area contributed by atoms with E-state index in [-0.39, 0.29) is 12.0 Å². The second-order valence-electron chi connectivity index (χ2n) is 2.47. The van der Waals surface area contributed by atoms with Crippen LogP contribution in [0.2, 0.25) is 0 Å². The van der Waals surface area contributed by atoms with Crippen LogP contribution in [0.4, 0.5) is 0 Å². The molecular formula is C7H15NO2. The zero-order valence-electron chi connectivity index (χ0n) is 6.66. The van der Waals surface area contributed by atoms with E-state index in [2.05, 4.69) is 0 Å². The Labute approximate surface area is 61.5 Å². The number of methoxy groups -OCH3 is 1. The van der Waals surface area contributed by atoms with Crippen molar-refractivity contribution in [1.82, 2.24) is 0 Å². The van der Waals surface area contributed by atoms with Crippen LogP contribution in [-0.2, 0) is 4.74 Å². The highest BCUT2D eigenvalue weighted by Crippen LogP contribution is 2.08. The van der Waals surface area contributed by atoms with Crippen LogP contribution in [0.3, 0.4) is 0 Å². The van der Waals surface area contributed by atoms with Gasteiger partial charge in [0.05, 0.1) is 12.2 Å². The Hall–Kier alpha value is -0.410. The molecule has 0 aliphatic carbocycles. The topological polar surface area (TPSA) is 53.3 Å². The third kappa shape index (κ3) is 2.45. The van der Waals surface area contributed by atoms with Crippen molar-refractivity contribution >= 4 is 6.21 Å². The molecule has 0 saturated carbocycles. The molecule has 3 heteroatoms. The molecule has 1 unspecified atom stereocenters. The van der Waals surface area contributed by atoms with Crippen LogP contribution in [-0.4, -0.2) is 30.6 Å². The predicted octanol–water partition coefficient (Wildman–Crippen LogP) is 0.668. The average molecular weight is 145 g/mol. The van der Waals surface area contributed by atoms with Crippen LogP contribution >= 0.6 is 0 Å². The summed E-state index contributed by atoms with van der Waals surface area (Å²) in [5.41, 5.74) is 0. The van der Waals surface area contributed by atoms with Crippen molar-refractivity contribution in [2.24, 2.45) is 5.92 Å². The van der Waals surface area contributed by atoms with E-state index in [4.69, 9.17) is 15.3 Å². The smallest absolute Gasteiger partial charge is 0.0965 e. The van der Waals surface area contributed by atoms with Gasteiger partial charge in [0, 0.05) is 19.2 Å². The minimum atomic E-state index is -0.424. The lowest BCUT2D eigenvalue weighted by atomic mass is 10.0. The molecule has 0 bridgehead atoms. The summed E-state index contributed by atoms with van der Waals surface area (Å²) in [6, 6.07) is 0. The van der Waals surface area contributed by atoms with Crippen LogP contribution in [0.1, 0.15) is 13.8 Å². The Balaban J connectivity index is 3.87. The number of hydrogen-bond donors (Lipinski definition) is 2. The maximum atomic E-state index is 9.07. The van der Waals surface area contributed by atoms with E-state index in [0.29, 0.717) is 0 Å². The third-order valence-corrected chi connectivity index (χ3v) is 1.72. The van der Waals surface area contributed by atoms with Gasteiger partial charge in [-0.2, -0.15) is 0 Å². The van der Waals surface area contributed by atoms with Gasteiger partial charge in [-0.15, -0.1) is 0 Å². The molecule has 60 valence electrons. The van der Waals surface area contributed by atoms with Gasteiger partial charge in [0.1, 0.15) is 0 Å². The van der Waals surface area contributed by atoms with Crippen molar-refractivity contribution < 1.29 is 9.84 Å². The summed E-state index contributed by atoms with van der Waals surface area (Å²) in [4.78, 5) is 0. The normalized spacial score (nSPS) is 19.6. The molecule has 10 heavy (non-hydrogen) atoms. The van der Waals surface area contributed by atoms with Crippen molar-refractivity contribution in [2.45, 2.75) is 26.1 Å². The van der Waals surface area contributed by atoms with Gasteiger partial charge < -0.3 is 15.3 Å². The highest BCUT2D eigenvalue weighted by molar-refractivity contribution is 5.59. The molecule has 0 heterocycles. The molecule has 3 nitrogen and oxygen atoms in total. The van der Waals surface area contributed by atoms with Crippen LogP contribution in [0.15, 0.2) is 0 Å². The summed E-state index contributed by atoms with van der Waals surface area (Å²) in [5.74, 6) is -0.0116. The molecule has 0 radical (unpaired) electrons. The molecule has 0 spiro atoms. The molecule has 0 rings (SSSR count). The Bertz CT molecular complexity index is 104. The van der Waals surface area contributed by atoms with Crippen LogP contribution in [0.25, 0.3) is 0 Å². The summed E-state index contributed by atoms with van der Waals surface area (Å²) in [6.45, 7) is 3.55. The molecule has 0 aliphatic heterocycles. The minimum Gasteiger partial charge on any atom is -0.393 e. The zero-order valence-corrected chi connectivity index (χ0v) is 6.66. The van der Waals surface area contributed by atoms with Gasteiger partial charge in [-0.25, -0.2) is 0 Å². The summed E-state index contributed by atoms with van der Waals surface area (Å²) in [7, 11) is 1.54. The number of ether oxygens (including phenoxy) is 1. The SMILES string of the molecule is COC(C=N)[C@@H](C)[C@@H](C)O. The highest BCUT2D eigenvalue weighted by atomic mass is 16.5. The van der Waals surface area contributed by atoms with Crippen molar-refractivity contribution in [1.29, 1.82) is 5.41 Å². The van der Waals surface area contributed by atoms with Crippen LogP contribution in [0, 0.1) is 11.3 Å². The van der Waals surface area contributed by atoms with Crippen molar-refractivity contribution in [3.63, 3.8) is 0 Å². The first-order valence-corrected chi connectivity index (χ1v) is 3.35. The fourth-order valence-corrected chi connectivity index (χ4v) is 0.709. The van der Waals surface area contributed by atoms with E-state index in [1.54, 1.807) is 6.92 Å². The summed E-state index contributed by atoms with van der Waals surface area (Å²) < 4.78 is 4.92. The largest absolute Gasteiger partial charge is 0.393 e. The Morgan fingerprint density at radius 2 is 2.00 bits per heavy atom. The van der Waals surface area contributed by atoms with Crippen LogP contribution < -0.4 is 0 Å². The quantitative estimate of drug-likeness (QED) is 0.571. The highest BCUT2D eigenvalue weighted by Gasteiger charge is 2.18. The number of rotatable bonds is 4. The fourth-order valence-electron chi connectivity index (χ4n) is 0.709. The second kappa shape index (κ2) is 4.41. The third-order valence-electron chi connectivity index (χ3n) is 1.72. The maximum Gasteiger partial charge on any atom is 0.0965 e. The van der Waals surface area contributed by atoms with E-state index in [9.17, 15) is 0 Å². The number of aliphatic hydroxyl groups is 1. The van der Waals surface area contributed by atoms with E-state index >= 15 is 0 Å². The van der Waals surface area contributed by atoms with Gasteiger partial charge in [-0.3, -0.25) is 0 Å². The van der Waals surface area contributed by atoms with Gasteiger partial charge in [-0.1, -0.05) is 6.92 Å². The predicted molar refractivity (Wildman–Crippen MR) is 40.4 cm³/mol. The first-order valence-electron chi connectivity index (χ1n) is 3.35. The van der Waals surface area contributed by atoms with Crippen molar-refractivity contribution in [3.05, 3.63) is 0 Å². The van der Waals surface area contributed by atoms with Crippen LogP contribution in [0.5, 0.6) is 0 Å². The standard InChI is InChI=1S/C7H15NO2/c1-5(6(2)9)7(4-8)10-3/h4-9H,1-3H3/t5-,6+,7?/m0/s1. The first kappa shape index (κ1) is 9.59. The molecule has 0 aromatic rings. The molecule has 2 N–H and O–H groups in total. The lowest BCUT2D eigenvalue weighted by Gasteiger charge is -2.20. The Kier molecular flexibility index (Phi) is 4.23. The molecular weight excluding hydrogens is 130 g/mol. The van der Waals surface area contributed by atoms with Gasteiger partial charge in [0.15, 0.2) is 0 Å². The van der Waals surface area contributed by atoms with E-state index < -0.39 is 6.10 Å². The van der Waals surface area contributed by atoms with E-state index in [0.717, 1.165) is 0 Å². The molecule has 0 amide bonds. The van der Waals surface area contributed by atoms with Crippen molar-refractivity contribution in [3.8, 4) is 0 Å². The molecule has 0 aliphatic rings. The second-order valence-corrected chi connectivity index (χ2v) is 2.47.